The fourth-order valence-electron chi connectivity index (χ4n) is 2.14. The number of para-hydroxylation sites is 1. The third kappa shape index (κ3) is 1.65. The van der Waals surface area contributed by atoms with Crippen molar-refractivity contribution in [1.82, 2.24) is 4.98 Å². The van der Waals surface area contributed by atoms with Crippen molar-refractivity contribution in [3.05, 3.63) is 42.5 Å². The molecular weight excluding hydrogens is 214 g/mol. The van der Waals surface area contributed by atoms with Gasteiger partial charge >= 0.3 is 0 Å². The Bertz CT molecular complexity index is 657. The maximum Gasteiger partial charge on any atom is 0.129 e. The van der Waals surface area contributed by atoms with Crippen molar-refractivity contribution >= 4 is 21.8 Å². The van der Waals surface area contributed by atoms with Crippen molar-refractivity contribution in [3.63, 3.8) is 0 Å². The third-order valence-corrected chi connectivity index (χ3v) is 2.84. The van der Waals surface area contributed by atoms with Gasteiger partial charge in [-0.15, -0.1) is 0 Å². The van der Waals surface area contributed by atoms with Gasteiger partial charge in [0.1, 0.15) is 12.4 Å². The summed E-state index contributed by atoms with van der Waals surface area (Å²) in [5.74, 6) is 0.814. The summed E-state index contributed by atoms with van der Waals surface area (Å²) in [5.41, 5.74) is 2.16. The van der Waals surface area contributed by atoms with E-state index in [1.165, 1.54) is 0 Å². The van der Waals surface area contributed by atoms with Gasteiger partial charge in [0.2, 0.25) is 0 Å². The zero-order valence-corrected chi connectivity index (χ0v) is 9.31. The molecule has 0 spiro atoms. The fourth-order valence-corrected chi connectivity index (χ4v) is 2.14. The molecule has 2 aromatic carbocycles. The third-order valence-electron chi connectivity index (χ3n) is 2.84. The van der Waals surface area contributed by atoms with Gasteiger partial charge in [0.15, 0.2) is 0 Å². The Hall–Kier alpha value is -2.00. The van der Waals surface area contributed by atoms with Crippen LogP contribution in [0.3, 0.4) is 0 Å². The van der Waals surface area contributed by atoms with Gasteiger partial charge < -0.3 is 14.8 Å². The van der Waals surface area contributed by atoms with Crippen LogP contribution in [0.25, 0.3) is 21.8 Å². The topological polar surface area (TPSA) is 45.2 Å². The van der Waals surface area contributed by atoms with E-state index >= 15 is 0 Å². The van der Waals surface area contributed by atoms with E-state index in [1.54, 1.807) is 0 Å². The van der Waals surface area contributed by atoms with Crippen LogP contribution in [-0.4, -0.2) is 23.3 Å². The Balaban J connectivity index is 2.28. The molecular formula is C14H13NO2. The largest absolute Gasteiger partial charge is 0.490 e. The van der Waals surface area contributed by atoms with E-state index in [0.717, 1.165) is 27.6 Å². The number of H-pyrrole nitrogens is 1. The van der Waals surface area contributed by atoms with Crippen LogP contribution < -0.4 is 4.74 Å². The zero-order valence-electron chi connectivity index (χ0n) is 9.31. The quantitative estimate of drug-likeness (QED) is 0.722. The molecule has 0 saturated carbocycles. The van der Waals surface area contributed by atoms with Gasteiger partial charge in [0.25, 0.3) is 0 Å². The highest BCUT2D eigenvalue weighted by atomic mass is 16.5. The molecule has 3 nitrogen and oxygen atoms in total. The Morgan fingerprint density at radius 2 is 1.82 bits per heavy atom. The predicted molar refractivity (Wildman–Crippen MR) is 68.4 cm³/mol. The highest BCUT2D eigenvalue weighted by Crippen LogP contribution is 2.32. The van der Waals surface area contributed by atoms with Crippen LogP contribution >= 0.6 is 0 Å². The Labute approximate surface area is 98.6 Å². The normalized spacial score (nSPS) is 11.1. The van der Waals surface area contributed by atoms with E-state index in [1.807, 2.05) is 36.4 Å². The van der Waals surface area contributed by atoms with E-state index in [4.69, 9.17) is 9.84 Å². The molecule has 0 saturated heterocycles. The molecule has 3 rings (SSSR count). The first-order chi connectivity index (χ1) is 8.40. The highest BCUT2D eigenvalue weighted by Gasteiger charge is 2.08. The van der Waals surface area contributed by atoms with Gasteiger partial charge in [0, 0.05) is 16.3 Å². The molecule has 0 atom stereocenters. The number of rotatable bonds is 3. The average Bonchev–Trinajstić information content (AvgIpc) is 2.75. The average molecular weight is 227 g/mol. The molecule has 0 aliphatic rings. The van der Waals surface area contributed by atoms with Crippen LogP contribution in [0.15, 0.2) is 42.5 Å². The smallest absolute Gasteiger partial charge is 0.129 e. The number of nitrogens with one attached hydrogen (secondary N) is 1. The van der Waals surface area contributed by atoms with Crippen LogP contribution in [0.2, 0.25) is 0 Å². The van der Waals surface area contributed by atoms with Crippen molar-refractivity contribution < 1.29 is 9.84 Å². The maximum atomic E-state index is 8.83. The molecule has 0 amide bonds. The Kier molecular flexibility index (Phi) is 2.46. The summed E-state index contributed by atoms with van der Waals surface area (Å²) < 4.78 is 5.56. The second-order valence-electron chi connectivity index (χ2n) is 3.92. The summed E-state index contributed by atoms with van der Waals surface area (Å²) in [6, 6.07) is 14.0. The van der Waals surface area contributed by atoms with E-state index in [2.05, 4.69) is 11.1 Å². The maximum absolute atomic E-state index is 8.83. The summed E-state index contributed by atoms with van der Waals surface area (Å²) in [7, 11) is 0. The minimum absolute atomic E-state index is 0.0265. The van der Waals surface area contributed by atoms with Gasteiger partial charge in [-0.05, 0) is 18.2 Å². The van der Waals surface area contributed by atoms with Crippen molar-refractivity contribution in [3.8, 4) is 5.75 Å². The monoisotopic (exact) mass is 227 g/mol. The van der Waals surface area contributed by atoms with E-state index in [9.17, 15) is 0 Å². The molecule has 1 heterocycles. The first-order valence-electron chi connectivity index (χ1n) is 5.63. The number of hydrogen-bond donors (Lipinski definition) is 2. The standard InChI is InChI=1S/C14H13NO2/c16-8-9-17-13-7-3-6-12-14(13)10-4-1-2-5-11(10)15-12/h1-7,15-16H,8-9H2. The lowest BCUT2D eigenvalue weighted by molar-refractivity contribution is 0.203. The number of aliphatic hydroxyl groups is 1. The first kappa shape index (κ1) is 10.2. The predicted octanol–water partition coefficient (Wildman–Crippen LogP) is 2.69. The molecule has 1 aromatic heterocycles. The Morgan fingerprint density at radius 1 is 1.00 bits per heavy atom. The second kappa shape index (κ2) is 4.11. The van der Waals surface area contributed by atoms with Crippen molar-refractivity contribution in [2.24, 2.45) is 0 Å². The SMILES string of the molecule is OCCOc1cccc2[nH]c3ccccc3c12. The van der Waals surface area contributed by atoms with Gasteiger partial charge in [0.05, 0.1) is 12.1 Å². The summed E-state index contributed by atoms with van der Waals surface area (Å²) >= 11 is 0. The van der Waals surface area contributed by atoms with Crippen molar-refractivity contribution in [2.75, 3.05) is 13.2 Å². The van der Waals surface area contributed by atoms with Crippen LogP contribution in [0.4, 0.5) is 0 Å². The summed E-state index contributed by atoms with van der Waals surface area (Å²) in [6.07, 6.45) is 0. The molecule has 3 heteroatoms. The molecule has 0 unspecified atom stereocenters. The number of hydrogen-bond acceptors (Lipinski definition) is 2. The van der Waals surface area contributed by atoms with Gasteiger partial charge in [-0.3, -0.25) is 0 Å². The molecule has 2 N–H and O–H groups in total. The number of benzene rings is 2. The molecule has 3 aromatic rings. The number of aromatic nitrogens is 1. The van der Waals surface area contributed by atoms with Crippen LogP contribution in [0, 0.1) is 0 Å². The minimum atomic E-state index is 0.0265. The van der Waals surface area contributed by atoms with Crippen LogP contribution in [-0.2, 0) is 0 Å². The molecule has 0 fully saturated rings. The number of ether oxygens (including phenoxy) is 1. The lowest BCUT2D eigenvalue weighted by Crippen LogP contribution is -2.01. The molecule has 86 valence electrons. The van der Waals surface area contributed by atoms with Gasteiger partial charge in [-0.2, -0.15) is 0 Å². The summed E-state index contributed by atoms with van der Waals surface area (Å²) in [5, 5.41) is 11.1. The second-order valence-corrected chi connectivity index (χ2v) is 3.92. The zero-order chi connectivity index (χ0) is 11.7. The lowest BCUT2D eigenvalue weighted by atomic mass is 10.1. The van der Waals surface area contributed by atoms with Gasteiger partial charge in [-0.25, -0.2) is 0 Å². The number of fused-ring (bicyclic) bond motifs is 3. The number of aliphatic hydroxyl groups excluding tert-OH is 1. The summed E-state index contributed by atoms with van der Waals surface area (Å²) in [6.45, 7) is 0.345. The summed E-state index contributed by atoms with van der Waals surface area (Å²) in [4.78, 5) is 3.35. The fraction of sp³-hybridized carbons (Fsp3) is 0.143. The van der Waals surface area contributed by atoms with E-state index in [0.29, 0.717) is 6.61 Å². The van der Waals surface area contributed by atoms with Gasteiger partial charge in [-0.1, -0.05) is 24.3 Å². The molecule has 0 aliphatic heterocycles. The Morgan fingerprint density at radius 3 is 2.71 bits per heavy atom. The molecule has 0 aliphatic carbocycles. The highest BCUT2D eigenvalue weighted by molar-refractivity contribution is 6.10. The molecule has 0 bridgehead atoms. The van der Waals surface area contributed by atoms with Crippen molar-refractivity contribution in [2.45, 2.75) is 0 Å². The lowest BCUT2D eigenvalue weighted by Gasteiger charge is -2.05. The van der Waals surface area contributed by atoms with Crippen LogP contribution in [0.1, 0.15) is 0 Å². The molecule has 17 heavy (non-hydrogen) atoms. The molecule has 0 radical (unpaired) electrons. The first-order valence-corrected chi connectivity index (χ1v) is 5.63. The minimum Gasteiger partial charge on any atom is -0.490 e. The van der Waals surface area contributed by atoms with Crippen LogP contribution in [0.5, 0.6) is 5.75 Å². The van der Waals surface area contributed by atoms with E-state index < -0.39 is 0 Å². The number of aromatic amines is 1. The van der Waals surface area contributed by atoms with Crippen molar-refractivity contribution in [1.29, 1.82) is 0 Å². The van der Waals surface area contributed by atoms with E-state index in [-0.39, 0.29) is 6.61 Å².